The SMILES string of the molecule is CCSC1=NOC(CN(C(=O)OCc2ccccc2)C(=O)c2cc(C[C@H](N)C(=O)O)ccc2O)C1. The molecule has 0 fully saturated rings. The Labute approximate surface area is 206 Å². The monoisotopic (exact) mass is 501 g/mol. The molecule has 0 saturated heterocycles. The van der Waals surface area contributed by atoms with E-state index in [4.69, 9.17) is 20.4 Å². The van der Waals surface area contributed by atoms with Gasteiger partial charge in [-0.15, -0.1) is 11.8 Å². The van der Waals surface area contributed by atoms with Crippen LogP contribution in [-0.2, 0) is 27.4 Å². The molecule has 35 heavy (non-hydrogen) atoms. The average molecular weight is 502 g/mol. The number of aliphatic carboxylic acids is 1. The molecule has 4 N–H and O–H groups in total. The van der Waals surface area contributed by atoms with Crippen LogP contribution in [0.1, 0.15) is 34.8 Å². The number of carboxylic acids is 1. The quantitative estimate of drug-likeness (QED) is 0.471. The largest absolute Gasteiger partial charge is 0.507 e. The summed E-state index contributed by atoms with van der Waals surface area (Å²) in [6.07, 6.45) is -1.12. The van der Waals surface area contributed by atoms with E-state index in [0.29, 0.717) is 12.0 Å². The maximum absolute atomic E-state index is 13.4. The molecule has 2 aromatic rings. The predicted molar refractivity (Wildman–Crippen MR) is 130 cm³/mol. The first kappa shape index (κ1) is 26.0. The second-order valence-corrected chi connectivity index (χ2v) is 9.14. The van der Waals surface area contributed by atoms with Crippen LogP contribution < -0.4 is 5.73 Å². The highest BCUT2D eigenvalue weighted by Crippen LogP contribution is 2.25. The summed E-state index contributed by atoms with van der Waals surface area (Å²) in [5.41, 5.74) is 6.57. The van der Waals surface area contributed by atoms with Crippen molar-refractivity contribution in [2.24, 2.45) is 10.9 Å². The van der Waals surface area contributed by atoms with Crippen LogP contribution in [0.4, 0.5) is 4.79 Å². The van der Waals surface area contributed by atoms with Gasteiger partial charge in [-0.25, -0.2) is 9.69 Å². The van der Waals surface area contributed by atoms with E-state index in [0.717, 1.165) is 21.3 Å². The molecule has 0 aromatic heterocycles. The summed E-state index contributed by atoms with van der Waals surface area (Å²) in [6, 6.07) is 11.9. The molecule has 0 spiro atoms. The third-order valence-corrected chi connectivity index (χ3v) is 6.00. The number of imide groups is 1. The third kappa shape index (κ3) is 7.20. The molecule has 1 aliphatic rings. The van der Waals surface area contributed by atoms with Crippen LogP contribution in [-0.4, -0.2) is 62.6 Å². The first-order chi connectivity index (χ1) is 16.8. The number of hydrogen-bond donors (Lipinski definition) is 3. The van der Waals surface area contributed by atoms with Gasteiger partial charge < -0.3 is 25.5 Å². The number of oxime groups is 1. The number of carboxylic acid groups (broad SMARTS) is 1. The number of ether oxygens (including phenoxy) is 1. The molecule has 11 heteroatoms. The number of aromatic hydroxyl groups is 1. The number of thioether (sulfide) groups is 1. The first-order valence-electron chi connectivity index (χ1n) is 11.0. The molecule has 0 bridgehead atoms. The molecule has 10 nitrogen and oxygen atoms in total. The number of phenols is 1. The van der Waals surface area contributed by atoms with Crippen LogP contribution in [0.15, 0.2) is 53.7 Å². The number of carbonyl (C=O) groups excluding carboxylic acids is 2. The molecule has 0 aliphatic carbocycles. The van der Waals surface area contributed by atoms with Gasteiger partial charge in [0.1, 0.15) is 23.4 Å². The van der Waals surface area contributed by atoms with E-state index in [2.05, 4.69) is 5.16 Å². The summed E-state index contributed by atoms with van der Waals surface area (Å²) in [5, 5.41) is 24.2. The number of benzene rings is 2. The van der Waals surface area contributed by atoms with Crippen LogP contribution in [0.25, 0.3) is 0 Å². The summed E-state index contributed by atoms with van der Waals surface area (Å²) in [5.74, 6) is -1.58. The van der Waals surface area contributed by atoms with Gasteiger partial charge in [0.25, 0.3) is 5.91 Å². The fourth-order valence-electron chi connectivity index (χ4n) is 3.36. The number of carbonyl (C=O) groups is 3. The molecule has 0 radical (unpaired) electrons. The summed E-state index contributed by atoms with van der Waals surface area (Å²) in [4.78, 5) is 43.8. The lowest BCUT2D eigenvalue weighted by atomic mass is 10.0. The fraction of sp³-hybridized carbons (Fsp3) is 0.333. The van der Waals surface area contributed by atoms with E-state index >= 15 is 0 Å². The van der Waals surface area contributed by atoms with Gasteiger partial charge in [-0.2, -0.15) is 0 Å². The zero-order valence-electron chi connectivity index (χ0n) is 19.1. The Balaban J connectivity index is 1.81. The molecule has 186 valence electrons. The van der Waals surface area contributed by atoms with E-state index in [1.807, 2.05) is 13.0 Å². The molecule has 2 aromatic carbocycles. The highest BCUT2D eigenvalue weighted by atomic mass is 32.2. The zero-order valence-corrected chi connectivity index (χ0v) is 19.9. The Morgan fingerprint density at radius 3 is 2.66 bits per heavy atom. The van der Waals surface area contributed by atoms with E-state index in [1.165, 1.54) is 30.0 Å². The van der Waals surface area contributed by atoms with Crippen molar-refractivity contribution < 1.29 is 34.2 Å². The van der Waals surface area contributed by atoms with Crippen molar-refractivity contribution in [3.63, 3.8) is 0 Å². The molecule has 2 atom stereocenters. The first-order valence-corrected chi connectivity index (χ1v) is 11.9. The van der Waals surface area contributed by atoms with Crippen LogP contribution in [0.5, 0.6) is 5.75 Å². The number of rotatable bonds is 9. The summed E-state index contributed by atoms with van der Waals surface area (Å²) in [7, 11) is 0. The van der Waals surface area contributed by atoms with Crippen molar-refractivity contribution in [2.45, 2.75) is 38.5 Å². The van der Waals surface area contributed by atoms with Gasteiger partial charge >= 0.3 is 12.1 Å². The Morgan fingerprint density at radius 2 is 1.97 bits per heavy atom. The van der Waals surface area contributed by atoms with E-state index < -0.39 is 30.1 Å². The molecule has 2 amide bonds. The lowest BCUT2D eigenvalue weighted by Crippen LogP contribution is -2.42. The van der Waals surface area contributed by atoms with Crippen molar-refractivity contribution in [2.75, 3.05) is 12.3 Å². The average Bonchev–Trinajstić information content (AvgIpc) is 3.29. The fourth-order valence-corrected chi connectivity index (χ4v) is 4.09. The normalized spacial score (nSPS) is 15.6. The van der Waals surface area contributed by atoms with Crippen LogP contribution in [0, 0.1) is 0 Å². The zero-order chi connectivity index (χ0) is 25.4. The number of hydrogen-bond acceptors (Lipinski definition) is 9. The highest BCUT2D eigenvalue weighted by Gasteiger charge is 2.33. The van der Waals surface area contributed by atoms with E-state index in [1.54, 1.807) is 24.3 Å². The molecular weight excluding hydrogens is 474 g/mol. The Kier molecular flexibility index (Phi) is 9.10. The van der Waals surface area contributed by atoms with Gasteiger partial charge in [0.2, 0.25) is 0 Å². The minimum Gasteiger partial charge on any atom is -0.507 e. The molecule has 0 saturated carbocycles. The van der Waals surface area contributed by atoms with Gasteiger partial charge in [0.15, 0.2) is 6.10 Å². The molecular formula is C24H27N3O7S. The van der Waals surface area contributed by atoms with Gasteiger partial charge in [-0.3, -0.25) is 9.59 Å². The minimum atomic E-state index is -1.20. The number of phenolic OH excluding ortho intramolecular Hbond substituents is 1. The standard InChI is InChI=1S/C24H27N3O7S/c1-2-35-21-12-17(34-26-21)13-27(24(32)33-14-15-6-4-3-5-7-15)22(29)18-10-16(8-9-20(18)28)11-19(25)23(30)31/h3-10,17,19,28H,2,11-14,25H2,1H3,(H,30,31)/t17?,19-/m0/s1. The Bertz CT molecular complexity index is 1090. The summed E-state index contributed by atoms with van der Waals surface area (Å²) >= 11 is 1.51. The Hall–Kier alpha value is -3.57. The lowest BCUT2D eigenvalue weighted by Gasteiger charge is -2.23. The van der Waals surface area contributed by atoms with Gasteiger partial charge in [-0.1, -0.05) is 48.5 Å². The second kappa shape index (κ2) is 12.2. The summed E-state index contributed by atoms with van der Waals surface area (Å²) in [6.45, 7) is 1.77. The van der Waals surface area contributed by atoms with Gasteiger partial charge in [-0.05, 0) is 35.4 Å². The maximum Gasteiger partial charge on any atom is 0.417 e. The number of nitrogens with two attached hydrogens (primary N) is 1. The van der Waals surface area contributed by atoms with E-state index in [9.17, 15) is 19.5 Å². The lowest BCUT2D eigenvalue weighted by molar-refractivity contribution is -0.138. The van der Waals surface area contributed by atoms with Gasteiger partial charge in [0.05, 0.1) is 12.1 Å². The van der Waals surface area contributed by atoms with Crippen LogP contribution in [0.2, 0.25) is 0 Å². The van der Waals surface area contributed by atoms with Crippen LogP contribution >= 0.6 is 11.8 Å². The number of amides is 2. The van der Waals surface area contributed by atoms with Crippen molar-refractivity contribution in [3.05, 3.63) is 65.2 Å². The van der Waals surface area contributed by atoms with Crippen molar-refractivity contribution in [1.82, 2.24) is 4.90 Å². The number of nitrogens with zero attached hydrogens (tertiary/aromatic N) is 2. The molecule has 1 heterocycles. The molecule has 1 aliphatic heterocycles. The molecule has 1 unspecified atom stereocenters. The smallest absolute Gasteiger partial charge is 0.417 e. The molecule has 3 rings (SSSR count). The second-order valence-electron chi connectivity index (χ2n) is 7.81. The third-order valence-electron chi connectivity index (χ3n) is 5.14. The van der Waals surface area contributed by atoms with Crippen molar-refractivity contribution in [3.8, 4) is 5.75 Å². The topological polar surface area (TPSA) is 152 Å². The summed E-state index contributed by atoms with van der Waals surface area (Å²) < 4.78 is 5.37. The van der Waals surface area contributed by atoms with E-state index in [-0.39, 0.29) is 30.9 Å². The highest BCUT2D eigenvalue weighted by molar-refractivity contribution is 8.13. The predicted octanol–water partition coefficient (Wildman–Crippen LogP) is 2.98. The minimum absolute atomic E-state index is 0.0537. The van der Waals surface area contributed by atoms with Crippen molar-refractivity contribution >= 4 is 34.8 Å². The van der Waals surface area contributed by atoms with Crippen molar-refractivity contribution in [1.29, 1.82) is 0 Å². The van der Waals surface area contributed by atoms with Crippen LogP contribution in [0.3, 0.4) is 0 Å². The Morgan fingerprint density at radius 1 is 1.23 bits per heavy atom. The maximum atomic E-state index is 13.4. The van der Waals surface area contributed by atoms with Gasteiger partial charge in [0, 0.05) is 6.42 Å².